The zero-order chi connectivity index (χ0) is 17.9. The molecule has 4 heterocycles. The van der Waals surface area contributed by atoms with E-state index < -0.39 is 0 Å². The maximum Gasteiger partial charge on any atom is 0.191 e. The van der Waals surface area contributed by atoms with Crippen molar-refractivity contribution >= 4 is 17.3 Å². The van der Waals surface area contributed by atoms with Crippen molar-refractivity contribution in [2.24, 2.45) is 10.9 Å². The topological polar surface area (TPSA) is 61.8 Å². The Morgan fingerprint density at radius 1 is 1.35 bits per heavy atom. The van der Waals surface area contributed by atoms with E-state index in [2.05, 4.69) is 37.8 Å². The third-order valence-electron chi connectivity index (χ3n) is 5.97. The number of aromatic nitrogens is 1. The number of nitrogens with one attached hydrogen (secondary N) is 2. The minimum Gasteiger partial charge on any atom is -0.373 e. The standard InChI is InChI=1S/C19H31N5OS/c1-13-22-15(12-26-13)11-24-7-5-14(6-8-24)10-21-19(20-2)23-17-9-16-3-4-18(17)25-16/h12,14,16-18H,3-11H2,1-2H3,(H2,20,21,23). The van der Waals surface area contributed by atoms with E-state index in [-0.39, 0.29) is 0 Å². The number of rotatable bonds is 5. The molecule has 7 heteroatoms. The summed E-state index contributed by atoms with van der Waals surface area (Å²) in [5.74, 6) is 1.66. The molecule has 0 aromatic carbocycles. The average molecular weight is 378 g/mol. The molecule has 3 unspecified atom stereocenters. The molecule has 0 radical (unpaired) electrons. The van der Waals surface area contributed by atoms with E-state index in [1.54, 1.807) is 11.3 Å². The summed E-state index contributed by atoms with van der Waals surface area (Å²) >= 11 is 1.75. The predicted octanol–water partition coefficient (Wildman–Crippen LogP) is 2.15. The third-order valence-corrected chi connectivity index (χ3v) is 6.79. The fraction of sp³-hybridized carbons (Fsp3) is 0.789. The van der Waals surface area contributed by atoms with Gasteiger partial charge in [0.05, 0.1) is 29.0 Å². The Hall–Kier alpha value is -1.18. The smallest absolute Gasteiger partial charge is 0.191 e. The highest BCUT2D eigenvalue weighted by molar-refractivity contribution is 7.09. The number of guanidine groups is 1. The Kier molecular flexibility index (Phi) is 5.76. The largest absolute Gasteiger partial charge is 0.373 e. The van der Waals surface area contributed by atoms with E-state index in [0.717, 1.165) is 44.5 Å². The molecule has 3 atom stereocenters. The van der Waals surface area contributed by atoms with Crippen molar-refractivity contribution in [3.8, 4) is 0 Å². The second kappa shape index (κ2) is 8.23. The summed E-state index contributed by atoms with van der Waals surface area (Å²) in [6.07, 6.45) is 6.89. The molecule has 3 saturated heterocycles. The van der Waals surface area contributed by atoms with Crippen molar-refractivity contribution in [2.45, 2.75) is 63.8 Å². The lowest BCUT2D eigenvalue weighted by Crippen LogP contribution is -2.49. The average Bonchev–Trinajstić information content (AvgIpc) is 3.37. The number of likely N-dealkylation sites (tertiary alicyclic amines) is 1. The lowest BCUT2D eigenvalue weighted by molar-refractivity contribution is 0.0992. The molecule has 1 aromatic rings. The molecule has 3 fully saturated rings. The van der Waals surface area contributed by atoms with Gasteiger partial charge in [-0.1, -0.05) is 0 Å². The van der Waals surface area contributed by atoms with Gasteiger partial charge in [0.2, 0.25) is 0 Å². The van der Waals surface area contributed by atoms with Gasteiger partial charge in [-0.25, -0.2) is 4.98 Å². The Balaban J connectivity index is 1.17. The van der Waals surface area contributed by atoms with Crippen LogP contribution in [0.4, 0.5) is 0 Å². The fourth-order valence-electron chi connectivity index (χ4n) is 4.46. The van der Waals surface area contributed by atoms with Crippen LogP contribution in [0.5, 0.6) is 0 Å². The van der Waals surface area contributed by atoms with Crippen molar-refractivity contribution < 1.29 is 4.74 Å². The van der Waals surface area contributed by atoms with Gasteiger partial charge in [0.1, 0.15) is 0 Å². The van der Waals surface area contributed by atoms with Gasteiger partial charge < -0.3 is 15.4 Å². The Morgan fingerprint density at radius 2 is 2.19 bits per heavy atom. The van der Waals surface area contributed by atoms with Gasteiger partial charge >= 0.3 is 0 Å². The Morgan fingerprint density at radius 3 is 2.81 bits per heavy atom. The zero-order valence-corrected chi connectivity index (χ0v) is 16.7. The highest BCUT2D eigenvalue weighted by Gasteiger charge is 2.41. The number of thiazole rings is 1. The Bertz CT molecular complexity index is 625. The summed E-state index contributed by atoms with van der Waals surface area (Å²) < 4.78 is 5.93. The SMILES string of the molecule is CN=C(NCC1CCN(Cc2csc(C)n2)CC1)NC1CC2CCC1O2. The normalized spacial score (nSPS) is 30.1. The number of fused-ring (bicyclic) bond motifs is 2. The first-order valence-corrected chi connectivity index (χ1v) is 10.8. The van der Waals surface area contributed by atoms with Crippen LogP contribution in [0.3, 0.4) is 0 Å². The maximum atomic E-state index is 5.93. The maximum absolute atomic E-state index is 5.93. The third kappa shape index (κ3) is 4.38. The van der Waals surface area contributed by atoms with Gasteiger partial charge in [-0.15, -0.1) is 11.3 Å². The van der Waals surface area contributed by atoms with Crippen LogP contribution in [-0.2, 0) is 11.3 Å². The van der Waals surface area contributed by atoms with Crippen molar-refractivity contribution in [1.29, 1.82) is 0 Å². The fourth-order valence-corrected chi connectivity index (χ4v) is 5.06. The van der Waals surface area contributed by atoms with Crippen molar-refractivity contribution in [2.75, 3.05) is 26.7 Å². The number of nitrogens with zero attached hydrogens (tertiary/aromatic N) is 3. The van der Waals surface area contributed by atoms with E-state index in [0.29, 0.717) is 18.2 Å². The monoisotopic (exact) mass is 377 g/mol. The highest BCUT2D eigenvalue weighted by atomic mass is 32.1. The first-order chi connectivity index (χ1) is 12.7. The molecule has 3 aliphatic rings. The summed E-state index contributed by atoms with van der Waals surface area (Å²) in [6, 6.07) is 0.434. The lowest BCUT2D eigenvalue weighted by atomic mass is 9.95. The molecule has 0 saturated carbocycles. The highest BCUT2D eigenvalue weighted by Crippen LogP contribution is 2.34. The van der Waals surface area contributed by atoms with Crippen LogP contribution in [0.2, 0.25) is 0 Å². The van der Waals surface area contributed by atoms with Crippen LogP contribution >= 0.6 is 11.3 Å². The molecular formula is C19H31N5OS. The molecule has 144 valence electrons. The summed E-state index contributed by atoms with van der Waals surface area (Å²) in [6.45, 7) is 6.41. The lowest BCUT2D eigenvalue weighted by Gasteiger charge is -2.32. The molecule has 26 heavy (non-hydrogen) atoms. The van der Waals surface area contributed by atoms with E-state index in [1.165, 1.54) is 36.4 Å². The van der Waals surface area contributed by atoms with E-state index in [4.69, 9.17) is 4.74 Å². The summed E-state index contributed by atoms with van der Waals surface area (Å²) in [5.41, 5.74) is 1.22. The van der Waals surface area contributed by atoms with Gasteiger partial charge in [-0.3, -0.25) is 9.89 Å². The van der Waals surface area contributed by atoms with Gasteiger partial charge in [0.15, 0.2) is 5.96 Å². The van der Waals surface area contributed by atoms with Crippen LogP contribution in [0, 0.1) is 12.8 Å². The van der Waals surface area contributed by atoms with Gasteiger partial charge in [0, 0.05) is 25.5 Å². The van der Waals surface area contributed by atoms with Crippen LogP contribution in [0.1, 0.15) is 42.8 Å². The number of hydrogen-bond acceptors (Lipinski definition) is 5. The van der Waals surface area contributed by atoms with Gasteiger partial charge in [0.25, 0.3) is 0 Å². The number of piperidine rings is 1. The first kappa shape index (κ1) is 18.2. The van der Waals surface area contributed by atoms with Crippen molar-refractivity contribution in [1.82, 2.24) is 20.5 Å². The van der Waals surface area contributed by atoms with Crippen molar-refractivity contribution in [3.63, 3.8) is 0 Å². The van der Waals surface area contributed by atoms with Gasteiger partial charge in [-0.05, 0) is 58.0 Å². The molecule has 1 aromatic heterocycles. The minimum atomic E-state index is 0.385. The second-order valence-corrected chi connectivity index (χ2v) is 8.95. The molecule has 0 spiro atoms. The number of aliphatic imine (C=N–C) groups is 1. The zero-order valence-electron chi connectivity index (χ0n) is 15.9. The van der Waals surface area contributed by atoms with E-state index >= 15 is 0 Å². The molecule has 3 aliphatic heterocycles. The Labute approximate surface area is 160 Å². The van der Waals surface area contributed by atoms with Crippen LogP contribution < -0.4 is 10.6 Å². The van der Waals surface area contributed by atoms with Crippen LogP contribution in [0.15, 0.2) is 10.4 Å². The summed E-state index contributed by atoms with van der Waals surface area (Å²) in [7, 11) is 1.86. The van der Waals surface area contributed by atoms with Crippen molar-refractivity contribution in [3.05, 3.63) is 16.1 Å². The first-order valence-electron chi connectivity index (χ1n) is 9.95. The van der Waals surface area contributed by atoms with E-state index in [9.17, 15) is 0 Å². The number of aryl methyl sites for hydroxylation is 1. The molecule has 6 nitrogen and oxygen atoms in total. The van der Waals surface area contributed by atoms with E-state index in [1.807, 2.05) is 7.05 Å². The van der Waals surface area contributed by atoms with Crippen LogP contribution in [0.25, 0.3) is 0 Å². The molecule has 2 N–H and O–H groups in total. The second-order valence-electron chi connectivity index (χ2n) is 7.89. The molecule has 0 amide bonds. The molecular weight excluding hydrogens is 346 g/mol. The molecule has 2 bridgehead atoms. The van der Waals surface area contributed by atoms with Crippen LogP contribution in [-0.4, -0.2) is 60.8 Å². The predicted molar refractivity (Wildman–Crippen MR) is 106 cm³/mol. The van der Waals surface area contributed by atoms with Gasteiger partial charge in [-0.2, -0.15) is 0 Å². The number of hydrogen-bond donors (Lipinski definition) is 2. The number of ether oxygens (including phenoxy) is 1. The molecule has 4 rings (SSSR count). The minimum absolute atomic E-state index is 0.385. The molecule has 0 aliphatic carbocycles. The summed E-state index contributed by atoms with van der Waals surface area (Å²) in [4.78, 5) is 11.5. The quantitative estimate of drug-likeness (QED) is 0.608. The summed E-state index contributed by atoms with van der Waals surface area (Å²) in [5, 5.41) is 10.5.